The number of carbonyl (C=O) groups is 1. The molecule has 0 fully saturated rings. The molecule has 1 N–H and O–H groups in total. The largest absolute Gasteiger partial charge is 0.507 e. The molecule has 0 saturated heterocycles. The lowest BCUT2D eigenvalue weighted by Crippen LogP contribution is -1.96. The molecule has 2 rings (SSSR count). The Kier molecular flexibility index (Phi) is 1.72. The zero-order valence-electron chi connectivity index (χ0n) is 7.28. The van der Waals surface area contributed by atoms with E-state index in [1.54, 1.807) is 6.07 Å². The van der Waals surface area contributed by atoms with Gasteiger partial charge in [0.15, 0.2) is 0 Å². The van der Waals surface area contributed by atoms with Crippen LogP contribution in [-0.2, 0) is 4.74 Å². The van der Waals surface area contributed by atoms with Gasteiger partial charge in [-0.05, 0) is 12.5 Å². The van der Waals surface area contributed by atoms with Crippen molar-refractivity contribution in [1.82, 2.24) is 0 Å². The number of phenolic OH excluding ortho intramolecular Hbond substituents is 1. The molecule has 1 atom stereocenters. The Labute approximate surface area is 76.0 Å². The number of ether oxygens (including phenoxy) is 1. The van der Waals surface area contributed by atoms with Crippen LogP contribution in [0.25, 0.3) is 0 Å². The SMILES string of the molecule is CC[C@@H]1OC(=O)c2c(O)cccc21. The average Bonchev–Trinajstić information content (AvgIpc) is 2.44. The fraction of sp³-hybridized carbons (Fsp3) is 0.300. The Morgan fingerprint density at radius 3 is 3.00 bits per heavy atom. The van der Waals surface area contributed by atoms with E-state index in [1.807, 2.05) is 13.0 Å². The summed E-state index contributed by atoms with van der Waals surface area (Å²) in [6, 6.07) is 5.03. The number of esters is 1. The first-order valence-electron chi connectivity index (χ1n) is 4.27. The average molecular weight is 178 g/mol. The molecule has 0 radical (unpaired) electrons. The number of aromatic hydroxyl groups is 1. The highest BCUT2D eigenvalue weighted by atomic mass is 16.5. The molecule has 3 heteroatoms. The second kappa shape index (κ2) is 2.76. The molecule has 1 heterocycles. The van der Waals surface area contributed by atoms with Gasteiger partial charge in [-0.25, -0.2) is 4.79 Å². The molecule has 3 nitrogen and oxygen atoms in total. The van der Waals surface area contributed by atoms with Gasteiger partial charge in [0.1, 0.15) is 17.4 Å². The molecule has 1 aromatic rings. The van der Waals surface area contributed by atoms with Gasteiger partial charge in [-0.2, -0.15) is 0 Å². The standard InChI is InChI=1S/C10H10O3/c1-2-8-6-4-3-5-7(11)9(6)10(12)13-8/h3-5,8,11H,2H2,1H3/t8-/m0/s1. The van der Waals surface area contributed by atoms with Crippen LogP contribution in [0.1, 0.15) is 35.4 Å². The normalized spacial score (nSPS) is 19.8. The van der Waals surface area contributed by atoms with Gasteiger partial charge in [0, 0.05) is 5.56 Å². The molecule has 1 aromatic carbocycles. The highest BCUT2D eigenvalue weighted by Crippen LogP contribution is 2.37. The number of carbonyl (C=O) groups excluding carboxylic acids is 1. The van der Waals surface area contributed by atoms with Gasteiger partial charge in [0.2, 0.25) is 0 Å². The Morgan fingerprint density at radius 2 is 2.31 bits per heavy atom. The Balaban J connectivity index is 2.57. The number of phenols is 1. The molecule has 0 amide bonds. The van der Waals surface area contributed by atoms with Gasteiger partial charge in [-0.3, -0.25) is 0 Å². The van der Waals surface area contributed by atoms with E-state index in [4.69, 9.17) is 4.74 Å². The van der Waals surface area contributed by atoms with Crippen LogP contribution < -0.4 is 0 Å². The van der Waals surface area contributed by atoms with Crippen LogP contribution in [-0.4, -0.2) is 11.1 Å². The smallest absolute Gasteiger partial charge is 0.342 e. The first-order chi connectivity index (χ1) is 6.24. The molecule has 68 valence electrons. The summed E-state index contributed by atoms with van der Waals surface area (Å²) < 4.78 is 5.06. The summed E-state index contributed by atoms with van der Waals surface area (Å²) in [7, 11) is 0. The van der Waals surface area contributed by atoms with Crippen molar-refractivity contribution in [2.75, 3.05) is 0 Å². The van der Waals surface area contributed by atoms with Crippen LogP contribution in [0.3, 0.4) is 0 Å². The van der Waals surface area contributed by atoms with E-state index in [0.717, 1.165) is 12.0 Å². The van der Waals surface area contributed by atoms with Crippen molar-refractivity contribution in [1.29, 1.82) is 0 Å². The lowest BCUT2D eigenvalue weighted by atomic mass is 10.0. The Hall–Kier alpha value is -1.51. The van der Waals surface area contributed by atoms with Crippen molar-refractivity contribution in [2.45, 2.75) is 19.4 Å². The van der Waals surface area contributed by atoms with Crippen LogP contribution in [0.4, 0.5) is 0 Å². The molecule has 0 unspecified atom stereocenters. The molecule has 1 aliphatic rings. The Morgan fingerprint density at radius 1 is 1.54 bits per heavy atom. The predicted molar refractivity (Wildman–Crippen MR) is 46.6 cm³/mol. The fourth-order valence-corrected chi connectivity index (χ4v) is 1.60. The highest BCUT2D eigenvalue weighted by molar-refractivity contribution is 5.96. The van der Waals surface area contributed by atoms with Gasteiger partial charge in [0.25, 0.3) is 0 Å². The maximum atomic E-state index is 11.3. The van der Waals surface area contributed by atoms with Crippen molar-refractivity contribution in [2.24, 2.45) is 0 Å². The summed E-state index contributed by atoms with van der Waals surface area (Å²) >= 11 is 0. The fourth-order valence-electron chi connectivity index (χ4n) is 1.60. The minimum Gasteiger partial charge on any atom is -0.507 e. The third-order valence-electron chi connectivity index (χ3n) is 2.25. The molecule has 0 bridgehead atoms. The number of rotatable bonds is 1. The van der Waals surface area contributed by atoms with Crippen molar-refractivity contribution in [3.8, 4) is 5.75 Å². The topological polar surface area (TPSA) is 46.5 Å². The summed E-state index contributed by atoms with van der Waals surface area (Å²) in [6.45, 7) is 1.94. The maximum absolute atomic E-state index is 11.3. The minimum absolute atomic E-state index is 0.0125. The number of hydrogen-bond acceptors (Lipinski definition) is 3. The Bertz CT molecular complexity index is 357. The van der Waals surface area contributed by atoms with Crippen LogP contribution >= 0.6 is 0 Å². The van der Waals surface area contributed by atoms with E-state index >= 15 is 0 Å². The number of cyclic esters (lactones) is 1. The molecule has 1 aliphatic heterocycles. The summed E-state index contributed by atoms with van der Waals surface area (Å²) in [5, 5.41) is 9.41. The first kappa shape index (κ1) is 8.10. The molecule has 0 saturated carbocycles. The van der Waals surface area contributed by atoms with Crippen molar-refractivity contribution >= 4 is 5.97 Å². The zero-order valence-corrected chi connectivity index (χ0v) is 7.28. The van der Waals surface area contributed by atoms with E-state index in [2.05, 4.69) is 0 Å². The third-order valence-corrected chi connectivity index (χ3v) is 2.25. The van der Waals surface area contributed by atoms with E-state index in [1.165, 1.54) is 6.07 Å². The van der Waals surface area contributed by atoms with Gasteiger partial charge < -0.3 is 9.84 Å². The summed E-state index contributed by atoms with van der Waals surface area (Å²) in [5.41, 5.74) is 1.13. The van der Waals surface area contributed by atoms with Crippen molar-refractivity contribution < 1.29 is 14.6 Å². The third kappa shape index (κ3) is 1.08. The van der Waals surface area contributed by atoms with Crippen LogP contribution in [0.2, 0.25) is 0 Å². The van der Waals surface area contributed by atoms with Gasteiger partial charge in [-0.15, -0.1) is 0 Å². The van der Waals surface area contributed by atoms with E-state index in [9.17, 15) is 9.90 Å². The zero-order chi connectivity index (χ0) is 9.42. The van der Waals surface area contributed by atoms with Crippen LogP contribution in [0, 0.1) is 0 Å². The van der Waals surface area contributed by atoms with Gasteiger partial charge in [-0.1, -0.05) is 19.1 Å². The second-order valence-electron chi connectivity index (χ2n) is 3.04. The lowest BCUT2D eigenvalue weighted by Gasteiger charge is -2.05. The summed E-state index contributed by atoms with van der Waals surface area (Å²) in [5.74, 6) is -0.404. The molecule has 0 aromatic heterocycles. The van der Waals surface area contributed by atoms with Gasteiger partial charge >= 0.3 is 5.97 Å². The molecular formula is C10H10O3. The van der Waals surface area contributed by atoms with Crippen molar-refractivity contribution in [3.05, 3.63) is 29.3 Å². The van der Waals surface area contributed by atoms with E-state index in [-0.39, 0.29) is 11.9 Å². The quantitative estimate of drug-likeness (QED) is 0.669. The van der Waals surface area contributed by atoms with Crippen molar-refractivity contribution in [3.63, 3.8) is 0 Å². The number of hydrogen-bond donors (Lipinski definition) is 1. The molecular weight excluding hydrogens is 168 g/mol. The molecule has 13 heavy (non-hydrogen) atoms. The van der Waals surface area contributed by atoms with Gasteiger partial charge in [0.05, 0.1) is 0 Å². The highest BCUT2D eigenvalue weighted by Gasteiger charge is 2.31. The van der Waals surface area contributed by atoms with E-state index < -0.39 is 5.97 Å². The van der Waals surface area contributed by atoms with Crippen LogP contribution in [0.5, 0.6) is 5.75 Å². The molecule has 0 aliphatic carbocycles. The van der Waals surface area contributed by atoms with E-state index in [0.29, 0.717) is 5.56 Å². The minimum atomic E-state index is -0.417. The lowest BCUT2D eigenvalue weighted by molar-refractivity contribution is 0.0377. The first-order valence-corrected chi connectivity index (χ1v) is 4.27. The summed E-state index contributed by atoms with van der Waals surface area (Å²) in [4.78, 5) is 11.3. The van der Waals surface area contributed by atoms with Crippen LogP contribution in [0.15, 0.2) is 18.2 Å². The monoisotopic (exact) mass is 178 g/mol. The summed E-state index contributed by atoms with van der Waals surface area (Å²) in [6.07, 6.45) is 0.553. The molecule has 0 spiro atoms. The maximum Gasteiger partial charge on any atom is 0.342 e. The predicted octanol–water partition coefficient (Wildman–Crippen LogP) is 2.01. The second-order valence-corrected chi connectivity index (χ2v) is 3.04. The number of benzene rings is 1. The number of fused-ring (bicyclic) bond motifs is 1.